The Hall–Kier alpha value is -1.00. The molecule has 0 saturated heterocycles. The van der Waals surface area contributed by atoms with Crippen LogP contribution in [0.3, 0.4) is 0 Å². The van der Waals surface area contributed by atoms with Gasteiger partial charge >= 0.3 is 0 Å². The van der Waals surface area contributed by atoms with Crippen LogP contribution in [0, 0.1) is 6.92 Å². The molecular formula is C15H28N4. The maximum atomic E-state index is 6.00. The Morgan fingerprint density at radius 3 is 2.47 bits per heavy atom. The molecule has 4 nitrogen and oxygen atoms in total. The Kier molecular flexibility index (Phi) is 6.95. The molecule has 0 amide bonds. The molecule has 0 aliphatic carbocycles. The summed E-state index contributed by atoms with van der Waals surface area (Å²) in [4.78, 5) is 11.6. The summed E-state index contributed by atoms with van der Waals surface area (Å²) in [7, 11) is 0. The first-order valence-corrected chi connectivity index (χ1v) is 7.40. The maximum absolute atomic E-state index is 6.00. The second-order valence-electron chi connectivity index (χ2n) is 5.07. The van der Waals surface area contributed by atoms with Crippen molar-refractivity contribution < 1.29 is 0 Å². The molecule has 0 aliphatic heterocycles. The topological polar surface area (TPSA) is 55.0 Å². The van der Waals surface area contributed by atoms with Gasteiger partial charge in [-0.1, -0.05) is 20.8 Å². The van der Waals surface area contributed by atoms with E-state index < -0.39 is 0 Å². The summed E-state index contributed by atoms with van der Waals surface area (Å²) >= 11 is 0. The lowest BCUT2D eigenvalue weighted by Gasteiger charge is -2.17. The molecule has 1 aromatic heterocycles. The van der Waals surface area contributed by atoms with Gasteiger partial charge in [-0.2, -0.15) is 0 Å². The molecular weight excluding hydrogens is 236 g/mol. The van der Waals surface area contributed by atoms with E-state index in [1.807, 2.05) is 6.92 Å². The summed E-state index contributed by atoms with van der Waals surface area (Å²) in [6.07, 6.45) is 2.74. The molecule has 1 unspecified atom stereocenters. The van der Waals surface area contributed by atoms with Crippen molar-refractivity contribution >= 4 is 0 Å². The number of hydrogen-bond donors (Lipinski definition) is 1. The van der Waals surface area contributed by atoms with Crippen LogP contribution in [0.15, 0.2) is 6.07 Å². The van der Waals surface area contributed by atoms with E-state index in [0.29, 0.717) is 0 Å². The number of likely N-dealkylation sites (N-methyl/N-ethyl adjacent to an activating group) is 1. The Bertz CT molecular complexity index is 374. The molecule has 0 fully saturated rings. The lowest BCUT2D eigenvalue weighted by Crippen LogP contribution is -2.26. The van der Waals surface area contributed by atoms with Crippen molar-refractivity contribution in [3.8, 4) is 0 Å². The predicted molar refractivity (Wildman–Crippen MR) is 80.2 cm³/mol. The molecule has 1 heterocycles. The van der Waals surface area contributed by atoms with Crippen molar-refractivity contribution in [2.75, 3.05) is 19.6 Å². The Morgan fingerprint density at radius 2 is 1.89 bits per heavy atom. The standard InChI is InChI=1S/C15H28N4/c1-5-13(16)11-14-10-12(4)17-15(18-14)8-9-19(6-2)7-3/h10,13H,5-9,11,16H2,1-4H3. The van der Waals surface area contributed by atoms with Crippen LogP contribution in [-0.4, -0.2) is 40.5 Å². The van der Waals surface area contributed by atoms with Gasteiger partial charge in [0.2, 0.25) is 0 Å². The average molecular weight is 264 g/mol. The number of aromatic nitrogens is 2. The van der Waals surface area contributed by atoms with Crippen LogP contribution in [0.5, 0.6) is 0 Å². The normalized spacial score (nSPS) is 12.9. The summed E-state index contributed by atoms with van der Waals surface area (Å²) in [6, 6.07) is 2.25. The number of hydrogen-bond acceptors (Lipinski definition) is 4. The fourth-order valence-corrected chi connectivity index (χ4v) is 2.13. The van der Waals surface area contributed by atoms with E-state index in [-0.39, 0.29) is 6.04 Å². The van der Waals surface area contributed by atoms with Gasteiger partial charge in [0.15, 0.2) is 0 Å². The SMILES string of the molecule is CCC(N)Cc1cc(C)nc(CCN(CC)CC)n1. The van der Waals surface area contributed by atoms with Crippen molar-refractivity contribution in [1.82, 2.24) is 14.9 Å². The van der Waals surface area contributed by atoms with E-state index in [4.69, 9.17) is 5.73 Å². The maximum Gasteiger partial charge on any atom is 0.130 e. The van der Waals surface area contributed by atoms with Gasteiger partial charge in [-0.05, 0) is 32.5 Å². The molecule has 1 aromatic rings. The average Bonchev–Trinajstić information content (AvgIpc) is 2.39. The van der Waals surface area contributed by atoms with Gasteiger partial charge in [0.05, 0.1) is 0 Å². The molecule has 0 saturated carbocycles. The molecule has 108 valence electrons. The third-order valence-corrected chi connectivity index (χ3v) is 3.50. The minimum atomic E-state index is 0.199. The zero-order valence-corrected chi connectivity index (χ0v) is 12.8. The molecule has 0 aliphatic rings. The third-order valence-electron chi connectivity index (χ3n) is 3.50. The van der Waals surface area contributed by atoms with E-state index >= 15 is 0 Å². The van der Waals surface area contributed by atoms with Gasteiger partial charge in [-0.3, -0.25) is 0 Å². The third kappa shape index (κ3) is 5.66. The highest BCUT2D eigenvalue weighted by Crippen LogP contribution is 2.06. The number of nitrogens with zero attached hydrogens (tertiary/aromatic N) is 3. The first-order valence-electron chi connectivity index (χ1n) is 7.40. The molecule has 0 bridgehead atoms. The Balaban J connectivity index is 2.68. The Morgan fingerprint density at radius 1 is 1.21 bits per heavy atom. The summed E-state index contributed by atoms with van der Waals surface area (Å²) < 4.78 is 0. The molecule has 1 rings (SSSR count). The van der Waals surface area contributed by atoms with Crippen molar-refractivity contribution in [3.05, 3.63) is 23.3 Å². The van der Waals surface area contributed by atoms with E-state index in [1.165, 1.54) is 0 Å². The highest BCUT2D eigenvalue weighted by Gasteiger charge is 2.07. The smallest absolute Gasteiger partial charge is 0.130 e. The summed E-state index contributed by atoms with van der Waals surface area (Å²) in [6.45, 7) is 11.7. The van der Waals surface area contributed by atoms with Gasteiger partial charge in [-0.25, -0.2) is 9.97 Å². The van der Waals surface area contributed by atoms with Crippen molar-refractivity contribution in [2.24, 2.45) is 5.73 Å². The van der Waals surface area contributed by atoms with Crippen LogP contribution < -0.4 is 5.73 Å². The molecule has 0 aromatic carbocycles. The highest BCUT2D eigenvalue weighted by atomic mass is 15.1. The summed E-state index contributed by atoms with van der Waals surface area (Å²) in [5.74, 6) is 0.949. The van der Waals surface area contributed by atoms with Crippen LogP contribution in [0.4, 0.5) is 0 Å². The predicted octanol–water partition coefficient (Wildman–Crippen LogP) is 1.95. The quantitative estimate of drug-likeness (QED) is 0.779. The van der Waals surface area contributed by atoms with Gasteiger partial charge in [0.1, 0.15) is 5.82 Å². The van der Waals surface area contributed by atoms with Crippen molar-refractivity contribution in [1.29, 1.82) is 0 Å². The molecule has 1 atom stereocenters. The van der Waals surface area contributed by atoms with Gasteiger partial charge in [0.25, 0.3) is 0 Å². The van der Waals surface area contributed by atoms with Crippen molar-refractivity contribution in [2.45, 2.75) is 53.0 Å². The lowest BCUT2D eigenvalue weighted by atomic mass is 10.1. The number of rotatable bonds is 8. The zero-order valence-electron chi connectivity index (χ0n) is 12.8. The summed E-state index contributed by atoms with van der Waals surface area (Å²) in [5, 5.41) is 0. The molecule has 2 N–H and O–H groups in total. The zero-order chi connectivity index (χ0) is 14.3. The van der Waals surface area contributed by atoms with Crippen LogP contribution in [-0.2, 0) is 12.8 Å². The Labute approximate surface area is 117 Å². The van der Waals surface area contributed by atoms with E-state index in [0.717, 1.165) is 56.1 Å². The number of aryl methyl sites for hydroxylation is 1. The molecule has 4 heteroatoms. The molecule has 0 spiro atoms. The van der Waals surface area contributed by atoms with Crippen LogP contribution >= 0.6 is 0 Å². The fourth-order valence-electron chi connectivity index (χ4n) is 2.13. The highest BCUT2D eigenvalue weighted by molar-refractivity contribution is 5.11. The van der Waals surface area contributed by atoms with E-state index in [9.17, 15) is 0 Å². The first kappa shape index (κ1) is 16.1. The van der Waals surface area contributed by atoms with Gasteiger partial charge < -0.3 is 10.6 Å². The molecule has 19 heavy (non-hydrogen) atoms. The first-order chi connectivity index (χ1) is 9.08. The minimum absolute atomic E-state index is 0.199. The van der Waals surface area contributed by atoms with Crippen LogP contribution in [0.1, 0.15) is 44.4 Å². The van der Waals surface area contributed by atoms with E-state index in [1.54, 1.807) is 0 Å². The van der Waals surface area contributed by atoms with Crippen molar-refractivity contribution in [3.63, 3.8) is 0 Å². The lowest BCUT2D eigenvalue weighted by molar-refractivity contribution is 0.305. The second-order valence-corrected chi connectivity index (χ2v) is 5.07. The molecule has 0 radical (unpaired) electrons. The van der Waals surface area contributed by atoms with Gasteiger partial charge in [-0.15, -0.1) is 0 Å². The largest absolute Gasteiger partial charge is 0.327 e. The van der Waals surface area contributed by atoms with Gasteiger partial charge in [0, 0.05) is 36.8 Å². The summed E-state index contributed by atoms with van der Waals surface area (Å²) in [5.41, 5.74) is 8.13. The van der Waals surface area contributed by atoms with Crippen LogP contribution in [0.2, 0.25) is 0 Å². The monoisotopic (exact) mass is 264 g/mol. The fraction of sp³-hybridized carbons (Fsp3) is 0.733. The number of nitrogens with two attached hydrogens (primary N) is 1. The minimum Gasteiger partial charge on any atom is -0.327 e. The van der Waals surface area contributed by atoms with Crippen LogP contribution in [0.25, 0.3) is 0 Å². The second kappa shape index (κ2) is 8.23. The van der Waals surface area contributed by atoms with E-state index in [2.05, 4.69) is 41.7 Å².